The van der Waals surface area contributed by atoms with Crippen LogP contribution in [0.1, 0.15) is 5.56 Å². The molecule has 0 aromatic heterocycles. The zero-order valence-corrected chi connectivity index (χ0v) is 7.74. The Hall–Kier alpha value is -0.670. The average Bonchev–Trinajstić information content (AvgIpc) is 2.10. The lowest BCUT2D eigenvalue weighted by molar-refractivity contribution is 0.540. The van der Waals surface area contributed by atoms with Crippen molar-refractivity contribution in [1.29, 1.82) is 0 Å². The van der Waals surface area contributed by atoms with Crippen molar-refractivity contribution < 1.29 is 8.78 Å². The maximum atomic E-state index is 13.0. The van der Waals surface area contributed by atoms with Crippen LogP contribution in [0.5, 0.6) is 0 Å². The highest BCUT2D eigenvalue weighted by molar-refractivity contribution is 6.18. The maximum Gasteiger partial charge on any atom is 0.130 e. The maximum absolute atomic E-state index is 13.0. The van der Waals surface area contributed by atoms with Gasteiger partial charge in [-0.25, -0.2) is 8.78 Å². The molecule has 13 heavy (non-hydrogen) atoms. The number of rotatable bonds is 4. The number of hydrogen-bond acceptors (Lipinski definition) is 1. The Balaban J connectivity index is 2.64. The number of alkyl halides is 1. The fraction of sp³-hybridized carbons (Fsp3) is 0.333. The fourth-order valence-electron chi connectivity index (χ4n) is 0.981. The molecular formula is C9H10ClF2N. The third-order valence-electron chi connectivity index (χ3n) is 1.63. The Morgan fingerprint density at radius 1 is 1.23 bits per heavy atom. The Labute approximate surface area is 80.7 Å². The van der Waals surface area contributed by atoms with Crippen LogP contribution in [0.2, 0.25) is 0 Å². The van der Waals surface area contributed by atoms with Crippen molar-refractivity contribution in [2.45, 2.75) is 6.54 Å². The number of benzene rings is 1. The Morgan fingerprint density at radius 3 is 2.38 bits per heavy atom. The van der Waals surface area contributed by atoms with Gasteiger partial charge in [-0.1, -0.05) is 6.07 Å². The third-order valence-corrected chi connectivity index (χ3v) is 1.82. The van der Waals surface area contributed by atoms with Gasteiger partial charge in [0.1, 0.15) is 11.6 Å². The fourth-order valence-corrected chi connectivity index (χ4v) is 1.12. The first-order chi connectivity index (χ1) is 6.25. The summed E-state index contributed by atoms with van der Waals surface area (Å²) in [6.45, 7) is 0.709. The molecule has 0 aliphatic rings. The van der Waals surface area contributed by atoms with Gasteiger partial charge in [0.05, 0.1) is 0 Å². The summed E-state index contributed by atoms with van der Waals surface area (Å²) < 4.78 is 25.9. The van der Waals surface area contributed by atoms with E-state index in [1.165, 1.54) is 18.2 Å². The van der Waals surface area contributed by atoms with E-state index < -0.39 is 11.6 Å². The second-order valence-electron chi connectivity index (χ2n) is 2.57. The van der Waals surface area contributed by atoms with E-state index in [2.05, 4.69) is 5.32 Å². The number of hydrogen-bond donors (Lipinski definition) is 1. The van der Waals surface area contributed by atoms with E-state index in [9.17, 15) is 8.78 Å². The summed E-state index contributed by atoms with van der Waals surface area (Å²) in [7, 11) is 0. The molecule has 1 nitrogen and oxygen atoms in total. The van der Waals surface area contributed by atoms with Crippen molar-refractivity contribution >= 4 is 11.6 Å². The zero-order chi connectivity index (χ0) is 9.68. The lowest BCUT2D eigenvalue weighted by atomic mass is 10.2. The van der Waals surface area contributed by atoms with E-state index in [1.54, 1.807) is 0 Å². The van der Waals surface area contributed by atoms with Crippen molar-refractivity contribution in [3.63, 3.8) is 0 Å². The molecule has 1 aromatic rings. The van der Waals surface area contributed by atoms with Crippen molar-refractivity contribution in [2.24, 2.45) is 0 Å². The lowest BCUT2D eigenvalue weighted by Gasteiger charge is -2.04. The highest BCUT2D eigenvalue weighted by Gasteiger charge is 2.06. The standard InChI is InChI=1S/C9H10ClF2N/c10-4-5-13-6-7-8(11)2-1-3-9(7)12/h1-3,13H,4-6H2. The van der Waals surface area contributed by atoms with Crippen molar-refractivity contribution in [1.82, 2.24) is 5.32 Å². The second-order valence-corrected chi connectivity index (χ2v) is 2.94. The first-order valence-corrected chi connectivity index (χ1v) is 4.48. The van der Waals surface area contributed by atoms with Gasteiger partial charge in [-0.3, -0.25) is 0 Å². The van der Waals surface area contributed by atoms with E-state index in [0.29, 0.717) is 12.4 Å². The molecule has 1 rings (SSSR count). The molecule has 0 atom stereocenters. The van der Waals surface area contributed by atoms with E-state index in [-0.39, 0.29) is 12.1 Å². The van der Waals surface area contributed by atoms with Gasteiger partial charge in [-0.05, 0) is 12.1 Å². The third kappa shape index (κ3) is 2.94. The predicted octanol–water partition coefficient (Wildman–Crippen LogP) is 2.29. The highest BCUT2D eigenvalue weighted by Crippen LogP contribution is 2.11. The van der Waals surface area contributed by atoms with E-state index in [0.717, 1.165) is 0 Å². The van der Waals surface area contributed by atoms with E-state index >= 15 is 0 Å². The minimum atomic E-state index is -0.526. The molecule has 4 heteroatoms. The highest BCUT2D eigenvalue weighted by atomic mass is 35.5. The molecular weight excluding hydrogens is 196 g/mol. The summed E-state index contributed by atoms with van der Waals surface area (Å²) in [5.74, 6) is -0.625. The van der Waals surface area contributed by atoms with Crippen LogP contribution >= 0.6 is 11.6 Å². The molecule has 1 aromatic carbocycles. The summed E-state index contributed by atoms with van der Waals surface area (Å²) in [6, 6.07) is 3.82. The molecule has 0 radical (unpaired) electrons. The SMILES string of the molecule is Fc1cccc(F)c1CNCCCl. The second kappa shape index (κ2) is 5.14. The Bertz CT molecular complexity index is 258. The van der Waals surface area contributed by atoms with Crippen LogP contribution < -0.4 is 5.32 Å². The largest absolute Gasteiger partial charge is 0.311 e. The minimum Gasteiger partial charge on any atom is -0.311 e. The topological polar surface area (TPSA) is 12.0 Å². The molecule has 0 aliphatic carbocycles. The van der Waals surface area contributed by atoms with Crippen LogP contribution in [-0.4, -0.2) is 12.4 Å². The minimum absolute atomic E-state index is 0.0626. The van der Waals surface area contributed by atoms with Crippen molar-refractivity contribution in [3.05, 3.63) is 35.4 Å². The number of halogens is 3. The van der Waals surface area contributed by atoms with Gasteiger partial charge in [0.2, 0.25) is 0 Å². The van der Waals surface area contributed by atoms with Gasteiger partial charge in [0.15, 0.2) is 0 Å². The zero-order valence-electron chi connectivity index (χ0n) is 6.99. The molecule has 0 heterocycles. The summed E-state index contributed by atoms with van der Waals surface area (Å²) in [5.41, 5.74) is 0.0626. The molecule has 0 aliphatic heterocycles. The van der Waals surface area contributed by atoms with Crippen LogP contribution in [0.3, 0.4) is 0 Å². The van der Waals surface area contributed by atoms with Gasteiger partial charge < -0.3 is 5.32 Å². The molecule has 0 unspecified atom stereocenters. The molecule has 0 amide bonds. The Kier molecular flexibility index (Phi) is 4.12. The molecule has 72 valence electrons. The Morgan fingerprint density at radius 2 is 1.85 bits per heavy atom. The molecule has 0 spiro atoms. The summed E-state index contributed by atoms with van der Waals surface area (Å²) in [6.07, 6.45) is 0. The molecule has 1 N–H and O–H groups in total. The van der Waals surface area contributed by atoms with Gasteiger partial charge in [-0.15, -0.1) is 11.6 Å². The van der Waals surface area contributed by atoms with E-state index in [1.807, 2.05) is 0 Å². The molecule has 0 saturated heterocycles. The van der Waals surface area contributed by atoms with Gasteiger partial charge >= 0.3 is 0 Å². The summed E-state index contributed by atoms with van der Waals surface area (Å²) >= 11 is 5.40. The van der Waals surface area contributed by atoms with Crippen LogP contribution in [0.15, 0.2) is 18.2 Å². The first-order valence-electron chi connectivity index (χ1n) is 3.95. The quantitative estimate of drug-likeness (QED) is 0.588. The molecule has 0 fully saturated rings. The van der Waals surface area contributed by atoms with Gasteiger partial charge in [-0.2, -0.15) is 0 Å². The predicted molar refractivity (Wildman–Crippen MR) is 48.8 cm³/mol. The monoisotopic (exact) mass is 205 g/mol. The first kappa shape index (κ1) is 10.4. The number of nitrogens with one attached hydrogen (secondary N) is 1. The summed E-state index contributed by atoms with van der Waals surface area (Å²) in [5, 5.41) is 2.82. The van der Waals surface area contributed by atoms with Crippen molar-refractivity contribution in [3.8, 4) is 0 Å². The van der Waals surface area contributed by atoms with Crippen LogP contribution in [0, 0.1) is 11.6 Å². The average molecular weight is 206 g/mol. The normalized spacial score (nSPS) is 10.4. The van der Waals surface area contributed by atoms with Crippen molar-refractivity contribution in [2.75, 3.05) is 12.4 Å². The van der Waals surface area contributed by atoms with Crippen LogP contribution in [0.4, 0.5) is 8.78 Å². The molecule has 0 saturated carbocycles. The smallest absolute Gasteiger partial charge is 0.130 e. The lowest BCUT2D eigenvalue weighted by Crippen LogP contribution is -2.17. The van der Waals surface area contributed by atoms with Gasteiger partial charge in [0.25, 0.3) is 0 Å². The van der Waals surface area contributed by atoms with Crippen LogP contribution in [0.25, 0.3) is 0 Å². The van der Waals surface area contributed by atoms with E-state index in [4.69, 9.17) is 11.6 Å². The summed E-state index contributed by atoms with van der Waals surface area (Å²) in [4.78, 5) is 0. The van der Waals surface area contributed by atoms with Crippen LogP contribution in [-0.2, 0) is 6.54 Å². The van der Waals surface area contributed by atoms with Gasteiger partial charge in [0, 0.05) is 24.5 Å². The molecule has 0 bridgehead atoms.